The first kappa shape index (κ1) is 12.0. The second-order valence-electron chi connectivity index (χ2n) is 3.59. The predicted molar refractivity (Wildman–Crippen MR) is 64.7 cm³/mol. The molecule has 3 nitrogen and oxygen atoms in total. The maximum Gasteiger partial charge on any atom is 0.0607 e. The molecule has 1 heterocycles. The average molecular weight is 207 g/mol. The van der Waals surface area contributed by atoms with Crippen LogP contribution in [0.3, 0.4) is 0 Å². The first-order chi connectivity index (χ1) is 7.38. The maximum absolute atomic E-state index is 4.27. The summed E-state index contributed by atoms with van der Waals surface area (Å²) in [6, 6.07) is 2.05. The number of nitrogens with one attached hydrogen (secondary N) is 1. The molecule has 1 rings (SSSR count). The van der Waals surface area contributed by atoms with Crippen molar-refractivity contribution in [1.29, 1.82) is 0 Å². The van der Waals surface area contributed by atoms with Gasteiger partial charge in [0.15, 0.2) is 0 Å². The van der Waals surface area contributed by atoms with Crippen LogP contribution in [0.2, 0.25) is 0 Å². The molecule has 1 aromatic rings. The second-order valence-corrected chi connectivity index (χ2v) is 3.59. The largest absolute Gasteiger partial charge is 0.313 e. The van der Waals surface area contributed by atoms with Crippen molar-refractivity contribution in [2.24, 2.45) is 0 Å². The van der Waals surface area contributed by atoms with Gasteiger partial charge in [0, 0.05) is 19.3 Å². The molecule has 84 valence electrons. The van der Waals surface area contributed by atoms with E-state index in [1.165, 1.54) is 12.1 Å². The Morgan fingerprint density at radius 2 is 2.27 bits per heavy atom. The van der Waals surface area contributed by atoms with Crippen molar-refractivity contribution in [3.8, 4) is 0 Å². The minimum atomic E-state index is 0.936. The zero-order chi connectivity index (χ0) is 10.9. The van der Waals surface area contributed by atoms with Crippen molar-refractivity contribution < 1.29 is 0 Å². The van der Waals surface area contributed by atoms with E-state index in [1.54, 1.807) is 0 Å². The molecule has 0 bridgehead atoms. The van der Waals surface area contributed by atoms with Crippen LogP contribution < -0.4 is 5.32 Å². The van der Waals surface area contributed by atoms with Crippen molar-refractivity contribution in [3.63, 3.8) is 0 Å². The lowest BCUT2D eigenvalue weighted by Gasteiger charge is -2.01. The summed E-state index contributed by atoms with van der Waals surface area (Å²) in [6.07, 6.45) is 8.44. The minimum absolute atomic E-state index is 0.936. The van der Waals surface area contributed by atoms with E-state index in [1.807, 2.05) is 16.9 Å². The van der Waals surface area contributed by atoms with Gasteiger partial charge in [-0.05, 0) is 31.5 Å². The van der Waals surface area contributed by atoms with Gasteiger partial charge in [0.25, 0.3) is 0 Å². The summed E-state index contributed by atoms with van der Waals surface area (Å²) in [5.74, 6) is 0. The topological polar surface area (TPSA) is 29.9 Å². The van der Waals surface area contributed by atoms with Gasteiger partial charge in [-0.2, -0.15) is 5.10 Å². The standard InChI is InChI=1S/C12H21N3/c1-3-8-13-9-5-6-12-7-10-14-15(12)11-4-2/h5-7,10,13H,3-4,8-9,11H2,1-2H3/b6-5+. The Morgan fingerprint density at radius 1 is 1.40 bits per heavy atom. The van der Waals surface area contributed by atoms with E-state index in [2.05, 4.69) is 36.4 Å². The third-order valence-electron chi connectivity index (χ3n) is 2.16. The van der Waals surface area contributed by atoms with Gasteiger partial charge in [-0.3, -0.25) is 4.68 Å². The molecule has 1 aromatic heterocycles. The van der Waals surface area contributed by atoms with Crippen LogP contribution in [0.1, 0.15) is 32.4 Å². The maximum atomic E-state index is 4.27. The Morgan fingerprint density at radius 3 is 3.00 bits per heavy atom. The summed E-state index contributed by atoms with van der Waals surface area (Å²) in [7, 11) is 0. The fourth-order valence-electron chi connectivity index (χ4n) is 1.42. The van der Waals surface area contributed by atoms with E-state index in [9.17, 15) is 0 Å². The number of aromatic nitrogens is 2. The van der Waals surface area contributed by atoms with Crippen molar-refractivity contribution >= 4 is 6.08 Å². The lowest BCUT2D eigenvalue weighted by molar-refractivity contribution is 0.598. The van der Waals surface area contributed by atoms with Crippen LogP contribution in [0.25, 0.3) is 6.08 Å². The van der Waals surface area contributed by atoms with Gasteiger partial charge in [-0.15, -0.1) is 0 Å². The number of aryl methyl sites for hydroxylation is 1. The molecule has 0 radical (unpaired) electrons. The number of rotatable bonds is 7. The Hall–Kier alpha value is -1.09. The molecule has 3 heteroatoms. The molecule has 0 aromatic carbocycles. The van der Waals surface area contributed by atoms with Gasteiger partial charge in [-0.25, -0.2) is 0 Å². The molecule has 0 aliphatic carbocycles. The van der Waals surface area contributed by atoms with Gasteiger partial charge < -0.3 is 5.32 Å². The summed E-state index contributed by atoms with van der Waals surface area (Å²) in [6.45, 7) is 7.35. The van der Waals surface area contributed by atoms with Crippen LogP contribution in [0.15, 0.2) is 18.3 Å². The van der Waals surface area contributed by atoms with Crippen molar-refractivity contribution in [2.75, 3.05) is 13.1 Å². The SMILES string of the molecule is CCCNC/C=C/c1ccnn1CCC. The number of nitrogens with zero attached hydrogens (tertiary/aromatic N) is 2. The number of hydrogen-bond donors (Lipinski definition) is 1. The minimum Gasteiger partial charge on any atom is -0.313 e. The zero-order valence-electron chi connectivity index (χ0n) is 9.74. The highest BCUT2D eigenvalue weighted by Crippen LogP contribution is 2.02. The predicted octanol–water partition coefficient (Wildman–Crippen LogP) is 2.31. The molecule has 0 aliphatic rings. The van der Waals surface area contributed by atoms with Crippen molar-refractivity contribution in [1.82, 2.24) is 15.1 Å². The van der Waals surface area contributed by atoms with E-state index in [-0.39, 0.29) is 0 Å². The lowest BCUT2D eigenvalue weighted by atomic mass is 10.3. The van der Waals surface area contributed by atoms with Gasteiger partial charge in [-0.1, -0.05) is 19.9 Å². The van der Waals surface area contributed by atoms with Crippen LogP contribution in [0.5, 0.6) is 0 Å². The van der Waals surface area contributed by atoms with Crippen LogP contribution in [-0.2, 0) is 6.54 Å². The van der Waals surface area contributed by atoms with Gasteiger partial charge in [0.1, 0.15) is 0 Å². The average Bonchev–Trinajstić information content (AvgIpc) is 2.66. The molecular formula is C12H21N3. The molecule has 1 N–H and O–H groups in total. The molecule has 0 atom stereocenters. The monoisotopic (exact) mass is 207 g/mol. The fourth-order valence-corrected chi connectivity index (χ4v) is 1.42. The Bertz CT molecular complexity index is 289. The van der Waals surface area contributed by atoms with E-state index in [0.717, 1.165) is 26.1 Å². The molecule has 0 aliphatic heterocycles. The normalized spacial score (nSPS) is 11.3. The quantitative estimate of drug-likeness (QED) is 0.695. The molecule has 0 saturated carbocycles. The molecule has 0 amide bonds. The summed E-state index contributed by atoms with van der Waals surface area (Å²) < 4.78 is 2.04. The molecule has 0 spiro atoms. The number of hydrogen-bond acceptors (Lipinski definition) is 2. The second kappa shape index (κ2) is 7.23. The molecule has 0 unspecified atom stereocenters. The van der Waals surface area contributed by atoms with Crippen LogP contribution in [-0.4, -0.2) is 22.9 Å². The zero-order valence-corrected chi connectivity index (χ0v) is 9.74. The lowest BCUT2D eigenvalue weighted by Crippen LogP contribution is -2.13. The molecular weight excluding hydrogens is 186 g/mol. The van der Waals surface area contributed by atoms with Crippen LogP contribution in [0.4, 0.5) is 0 Å². The van der Waals surface area contributed by atoms with E-state index < -0.39 is 0 Å². The van der Waals surface area contributed by atoms with Gasteiger partial charge in [0.05, 0.1) is 5.69 Å². The Kier molecular flexibility index (Phi) is 5.78. The third-order valence-corrected chi connectivity index (χ3v) is 2.16. The van der Waals surface area contributed by atoms with Crippen molar-refractivity contribution in [2.45, 2.75) is 33.2 Å². The van der Waals surface area contributed by atoms with E-state index >= 15 is 0 Å². The Labute approximate surface area is 92.2 Å². The first-order valence-electron chi connectivity index (χ1n) is 5.77. The molecule has 0 fully saturated rings. The Balaban J connectivity index is 2.38. The van der Waals surface area contributed by atoms with E-state index in [0.29, 0.717) is 0 Å². The first-order valence-corrected chi connectivity index (χ1v) is 5.77. The summed E-state index contributed by atoms with van der Waals surface area (Å²) in [5, 5.41) is 7.60. The van der Waals surface area contributed by atoms with Gasteiger partial charge in [0.2, 0.25) is 0 Å². The fraction of sp³-hybridized carbons (Fsp3) is 0.583. The van der Waals surface area contributed by atoms with Crippen LogP contribution >= 0.6 is 0 Å². The summed E-state index contributed by atoms with van der Waals surface area (Å²) in [4.78, 5) is 0. The van der Waals surface area contributed by atoms with Crippen molar-refractivity contribution in [3.05, 3.63) is 24.0 Å². The highest BCUT2D eigenvalue weighted by atomic mass is 15.3. The van der Waals surface area contributed by atoms with Gasteiger partial charge >= 0.3 is 0 Å². The molecule has 0 saturated heterocycles. The highest BCUT2D eigenvalue weighted by molar-refractivity contribution is 5.44. The van der Waals surface area contributed by atoms with E-state index in [4.69, 9.17) is 0 Å². The summed E-state index contributed by atoms with van der Waals surface area (Å²) >= 11 is 0. The summed E-state index contributed by atoms with van der Waals surface area (Å²) in [5.41, 5.74) is 1.19. The third kappa shape index (κ3) is 4.30. The highest BCUT2D eigenvalue weighted by Gasteiger charge is 1.95. The molecule has 15 heavy (non-hydrogen) atoms. The van der Waals surface area contributed by atoms with Crippen LogP contribution in [0, 0.1) is 0 Å². The smallest absolute Gasteiger partial charge is 0.0607 e.